The number of nitrogens with two attached hydrogens (primary N) is 1. The second-order valence-electron chi connectivity index (χ2n) is 4.57. The van der Waals surface area contributed by atoms with Gasteiger partial charge in [-0.05, 0) is 25.7 Å². The fourth-order valence-electron chi connectivity index (χ4n) is 2.02. The van der Waals surface area contributed by atoms with Crippen molar-refractivity contribution in [1.29, 1.82) is 0 Å². The maximum atomic E-state index is 12.2. The van der Waals surface area contributed by atoms with E-state index in [9.17, 15) is 4.79 Å². The summed E-state index contributed by atoms with van der Waals surface area (Å²) in [6, 6.07) is 0. The van der Waals surface area contributed by atoms with Crippen LogP contribution in [0.25, 0.3) is 0 Å². The molecule has 18 heavy (non-hydrogen) atoms. The highest BCUT2D eigenvalue weighted by Crippen LogP contribution is 2.27. The van der Waals surface area contributed by atoms with Crippen molar-refractivity contribution in [2.75, 3.05) is 18.5 Å². The Hall–Kier alpha value is -1.69. The molecule has 1 aliphatic carbocycles. The first-order chi connectivity index (χ1) is 8.74. The lowest BCUT2D eigenvalue weighted by atomic mass is 9.85. The first kappa shape index (κ1) is 12.8. The van der Waals surface area contributed by atoms with Crippen molar-refractivity contribution in [3.05, 3.63) is 18.1 Å². The summed E-state index contributed by atoms with van der Waals surface area (Å²) in [6.07, 6.45) is 6.66. The van der Waals surface area contributed by atoms with E-state index in [0.717, 1.165) is 6.54 Å². The zero-order valence-electron chi connectivity index (χ0n) is 10.6. The van der Waals surface area contributed by atoms with Crippen molar-refractivity contribution >= 4 is 11.7 Å². The molecule has 98 valence electrons. The third-order valence-electron chi connectivity index (χ3n) is 3.39. The molecule has 1 aromatic heterocycles. The van der Waals surface area contributed by atoms with Gasteiger partial charge in [0.05, 0.1) is 12.4 Å². The maximum absolute atomic E-state index is 12.2. The van der Waals surface area contributed by atoms with Crippen LogP contribution in [0.3, 0.4) is 0 Å². The van der Waals surface area contributed by atoms with Crippen LogP contribution in [0.2, 0.25) is 0 Å². The zero-order chi connectivity index (χ0) is 13.0. The topological polar surface area (TPSA) is 84.1 Å². The average Bonchev–Trinajstić information content (AvgIpc) is 2.37. The van der Waals surface area contributed by atoms with Crippen molar-refractivity contribution < 1.29 is 4.79 Å². The van der Waals surface area contributed by atoms with Gasteiger partial charge >= 0.3 is 0 Å². The molecule has 2 rings (SSSR count). The van der Waals surface area contributed by atoms with Gasteiger partial charge in [0, 0.05) is 13.1 Å². The smallest absolute Gasteiger partial charge is 0.274 e. The number of nitrogens with zero attached hydrogens (tertiary/aromatic N) is 3. The molecule has 0 atom stereocenters. The largest absolute Gasteiger partial charge is 0.337 e. The molecule has 0 radical (unpaired) electrons. The Morgan fingerprint density at radius 2 is 2.28 bits per heavy atom. The molecule has 0 saturated heterocycles. The number of aromatic nitrogens is 2. The van der Waals surface area contributed by atoms with E-state index >= 15 is 0 Å². The Balaban J connectivity index is 2.02. The van der Waals surface area contributed by atoms with Gasteiger partial charge in [0.25, 0.3) is 5.91 Å². The monoisotopic (exact) mass is 249 g/mol. The van der Waals surface area contributed by atoms with Crippen molar-refractivity contribution in [2.45, 2.75) is 26.2 Å². The second-order valence-corrected chi connectivity index (χ2v) is 4.57. The van der Waals surface area contributed by atoms with Crippen LogP contribution in [0, 0.1) is 5.92 Å². The fourth-order valence-corrected chi connectivity index (χ4v) is 2.02. The molecule has 6 nitrogen and oxygen atoms in total. The van der Waals surface area contributed by atoms with E-state index in [4.69, 9.17) is 5.84 Å². The summed E-state index contributed by atoms with van der Waals surface area (Å²) in [4.78, 5) is 22.1. The summed E-state index contributed by atoms with van der Waals surface area (Å²) in [5, 5.41) is 0. The van der Waals surface area contributed by atoms with Gasteiger partial charge in [-0.1, -0.05) is 6.42 Å². The molecule has 0 spiro atoms. The molecule has 3 N–H and O–H groups in total. The van der Waals surface area contributed by atoms with Gasteiger partial charge in [0.15, 0.2) is 5.82 Å². The molecule has 0 bridgehead atoms. The summed E-state index contributed by atoms with van der Waals surface area (Å²) in [6.45, 7) is 3.52. The van der Waals surface area contributed by atoms with Crippen LogP contribution in [0.15, 0.2) is 12.4 Å². The number of hydrogen-bond acceptors (Lipinski definition) is 5. The van der Waals surface area contributed by atoms with Gasteiger partial charge in [-0.25, -0.2) is 15.8 Å². The molecule has 1 aromatic rings. The number of carbonyl (C=O) groups excluding carboxylic acids is 1. The molecule has 1 heterocycles. The average molecular weight is 249 g/mol. The van der Waals surface area contributed by atoms with Crippen molar-refractivity contribution in [2.24, 2.45) is 11.8 Å². The van der Waals surface area contributed by atoms with E-state index in [2.05, 4.69) is 15.4 Å². The van der Waals surface area contributed by atoms with Crippen LogP contribution in [0.5, 0.6) is 0 Å². The molecule has 0 aromatic carbocycles. The number of amides is 1. The van der Waals surface area contributed by atoms with E-state index in [1.54, 1.807) is 0 Å². The third-order valence-corrected chi connectivity index (χ3v) is 3.39. The minimum atomic E-state index is -0.0551. The predicted molar refractivity (Wildman–Crippen MR) is 68.8 cm³/mol. The molecule has 1 saturated carbocycles. The van der Waals surface area contributed by atoms with Crippen LogP contribution in [0.1, 0.15) is 36.7 Å². The summed E-state index contributed by atoms with van der Waals surface area (Å²) in [5.41, 5.74) is 2.76. The molecule has 0 unspecified atom stereocenters. The fraction of sp³-hybridized carbons (Fsp3) is 0.583. The molecule has 1 fully saturated rings. The summed E-state index contributed by atoms with van der Waals surface area (Å²) >= 11 is 0. The van der Waals surface area contributed by atoms with Gasteiger partial charge in [-0.15, -0.1) is 0 Å². The highest BCUT2D eigenvalue weighted by Gasteiger charge is 2.24. The number of hydrogen-bond donors (Lipinski definition) is 2. The Morgan fingerprint density at radius 3 is 2.72 bits per heavy atom. The van der Waals surface area contributed by atoms with E-state index in [1.165, 1.54) is 31.7 Å². The van der Waals surface area contributed by atoms with Crippen LogP contribution < -0.4 is 11.3 Å². The zero-order valence-corrected chi connectivity index (χ0v) is 10.6. The first-order valence-electron chi connectivity index (χ1n) is 6.32. The highest BCUT2D eigenvalue weighted by molar-refractivity contribution is 5.92. The van der Waals surface area contributed by atoms with Crippen LogP contribution >= 0.6 is 0 Å². The van der Waals surface area contributed by atoms with E-state index in [-0.39, 0.29) is 5.91 Å². The molecular weight excluding hydrogens is 230 g/mol. The lowest BCUT2D eigenvalue weighted by Crippen LogP contribution is -2.37. The van der Waals surface area contributed by atoms with Crippen LogP contribution in [-0.2, 0) is 0 Å². The number of carbonyl (C=O) groups is 1. The van der Waals surface area contributed by atoms with E-state index in [0.29, 0.717) is 24.0 Å². The first-order valence-corrected chi connectivity index (χ1v) is 6.32. The van der Waals surface area contributed by atoms with Crippen LogP contribution in [0.4, 0.5) is 5.82 Å². The van der Waals surface area contributed by atoms with Gasteiger partial charge in [0.1, 0.15) is 5.69 Å². The minimum absolute atomic E-state index is 0.0551. The van der Waals surface area contributed by atoms with Gasteiger partial charge in [-0.2, -0.15) is 0 Å². The number of anilines is 1. The summed E-state index contributed by atoms with van der Waals surface area (Å²) in [7, 11) is 0. The highest BCUT2D eigenvalue weighted by atomic mass is 16.2. The second kappa shape index (κ2) is 5.77. The van der Waals surface area contributed by atoms with E-state index < -0.39 is 0 Å². The predicted octanol–water partition coefficient (Wildman–Crippen LogP) is 1.02. The Kier molecular flexibility index (Phi) is 4.09. The Bertz CT molecular complexity index is 401. The minimum Gasteiger partial charge on any atom is -0.337 e. The molecule has 1 aliphatic rings. The quantitative estimate of drug-likeness (QED) is 0.601. The SMILES string of the molecule is CCN(CC1CCC1)C(=O)c1cnc(NN)cn1. The van der Waals surface area contributed by atoms with Crippen molar-refractivity contribution in [1.82, 2.24) is 14.9 Å². The number of rotatable bonds is 5. The lowest BCUT2D eigenvalue weighted by molar-refractivity contribution is 0.0700. The van der Waals surface area contributed by atoms with Crippen molar-refractivity contribution in [3.63, 3.8) is 0 Å². The Morgan fingerprint density at radius 1 is 1.50 bits per heavy atom. The molecule has 1 amide bonds. The van der Waals surface area contributed by atoms with Crippen molar-refractivity contribution in [3.8, 4) is 0 Å². The number of nitrogens with one attached hydrogen (secondary N) is 1. The van der Waals surface area contributed by atoms with Crippen LogP contribution in [-0.4, -0.2) is 33.9 Å². The molecule has 0 aliphatic heterocycles. The maximum Gasteiger partial charge on any atom is 0.274 e. The summed E-state index contributed by atoms with van der Waals surface area (Å²) in [5.74, 6) is 6.26. The lowest BCUT2D eigenvalue weighted by Gasteiger charge is -2.31. The molecular formula is C12H19N5O. The normalized spacial score (nSPS) is 15.0. The Labute approximate surface area is 107 Å². The standard InChI is InChI=1S/C12H19N5O/c1-2-17(8-9-4-3-5-9)12(18)10-6-15-11(16-13)7-14-10/h6-7,9H,2-5,8,13H2,1H3,(H,15,16). The number of nitrogen functional groups attached to an aromatic ring is 1. The third kappa shape index (κ3) is 2.76. The van der Waals surface area contributed by atoms with E-state index in [1.807, 2.05) is 11.8 Å². The van der Waals surface area contributed by atoms with Gasteiger partial charge < -0.3 is 10.3 Å². The van der Waals surface area contributed by atoms with Gasteiger partial charge in [-0.3, -0.25) is 4.79 Å². The van der Waals surface area contributed by atoms with Gasteiger partial charge in [0.2, 0.25) is 0 Å². The molecule has 6 heteroatoms. The summed E-state index contributed by atoms with van der Waals surface area (Å²) < 4.78 is 0. The number of hydrazine groups is 1.